The van der Waals surface area contributed by atoms with Crippen LogP contribution in [0, 0.1) is 0 Å². The monoisotopic (exact) mass is 309 g/mol. The van der Waals surface area contributed by atoms with E-state index in [9.17, 15) is 14.7 Å². The third-order valence-electron chi connectivity index (χ3n) is 3.37. The molecule has 0 aliphatic carbocycles. The molecule has 0 aromatic heterocycles. The lowest BCUT2D eigenvalue weighted by Gasteiger charge is -2.24. The molecule has 5 nitrogen and oxygen atoms in total. The van der Waals surface area contributed by atoms with Gasteiger partial charge in [-0.3, -0.25) is 4.79 Å². The van der Waals surface area contributed by atoms with Gasteiger partial charge in [0.05, 0.1) is 6.61 Å². The summed E-state index contributed by atoms with van der Waals surface area (Å²) in [7, 11) is 0. The van der Waals surface area contributed by atoms with Crippen molar-refractivity contribution in [2.75, 3.05) is 18.1 Å². The summed E-state index contributed by atoms with van der Waals surface area (Å²) in [4.78, 5) is 23.2. The third kappa shape index (κ3) is 4.39. The summed E-state index contributed by atoms with van der Waals surface area (Å²) in [6.45, 7) is 0.437. The van der Waals surface area contributed by atoms with Crippen LogP contribution in [0.3, 0.4) is 0 Å². The second-order valence-electron chi connectivity index (χ2n) is 5.00. The van der Waals surface area contributed by atoms with Gasteiger partial charge in [0.15, 0.2) is 0 Å². The molecule has 1 heterocycles. The summed E-state index contributed by atoms with van der Waals surface area (Å²) in [6, 6.07) is 9.39. The van der Waals surface area contributed by atoms with Gasteiger partial charge in [-0.15, -0.1) is 0 Å². The van der Waals surface area contributed by atoms with E-state index < -0.39 is 11.5 Å². The smallest absolute Gasteiger partial charge is 0.330 e. The van der Waals surface area contributed by atoms with E-state index in [0.717, 1.165) is 11.5 Å². The van der Waals surface area contributed by atoms with Gasteiger partial charge in [-0.1, -0.05) is 18.2 Å². The van der Waals surface area contributed by atoms with Crippen molar-refractivity contribution in [1.82, 2.24) is 5.32 Å². The number of thioether (sulfide) groups is 1. The van der Waals surface area contributed by atoms with Crippen LogP contribution in [0.25, 0.3) is 0 Å². The fourth-order valence-electron chi connectivity index (χ4n) is 2.15. The van der Waals surface area contributed by atoms with Crippen molar-refractivity contribution < 1.29 is 19.4 Å². The molecule has 1 aliphatic heterocycles. The average molecular weight is 309 g/mol. The minimum absolute atomic E-state index is 0.225. The molecule has 6 heteroatoms. The van der Waals surface area contributed by atoms with Crippen LogP contribution in [0.2, 0.25) is 0 Å². The van der Waals surface area contributed by atoms with Crippen molar-refractivity contribution in [2.45, 2.75) is 24.8 Å². The minimum Gasteiger partial charge on any atom is -0.494 e. The van der Waals surface area contributed by atoms with Gasteiger partial charge in [0.1, 0.15) is 11.3 Å². The Hall–Kier alpha value is -1.69. The van der Waals surface area contributed by atoms with E-state index in [1.165, 1.54) is 0 Å². The topological polar surface area (TPSA) is 75.6 Å². The normalized spacial score (nSPS) is 21.0. The van der Waals surface area contributed by atoms with Crippen LogP contribution < -0.4 is 10.1 Å². The maximum atomic E-state index is 11.9. The lowest BCUT2D eigenvalue weighted by molar-refractivity contribution is -0.146. The van der Waals surface area contributed by atoms with Gasteiger partial charge in [0, 0.05) is 12.2 Å². The molecule has 1 unspecified atom stereocenters. The molecule has 0 spiro atoms. The number of carbonyl (C=O) groups excluding carboxylic acids is 1. The Morgan fingerprint density at radius 1 is 1.33 bits per heavy atom. The summed E-state index contributed by atoms with van der Waals surface area (Å²) in [6.07, 6.45) is 1.31. The Morgan fingerprint density at radius 2 is 2.10 bits per heavy atom. The van der Waals surface area contributed by atoms with E-state index >= 15 is 0 Å². The number of ether oxygens (including phenoxy) is 1. The first-order valence-corrected chi connectivity index (χ1v) is 8.08. The maximum Gasteiger partial charge on any atom is 0.330 e. The predicted octanol–water partition coefficient (Wildman–Crippen LogP) is 1.92. The number of para-hydroxylation sites is 1. The summed E-state index contributed by atoms with van der Waals surface area (Å²) < 4.78 is 5.50. The molecule has 114 valence electrons. The molecule has 1 atom stereocenters. The number of carbonyl (C=O) groups is 2. The number of amides is 1. The van der Waals surface area contributed by atoms with E-state index in [1.807, 2.05) is 30.3 Å². The van der Waals surface area contributed by atoms with Crippen LogP contribution in [0.4, 0.5) is 0 Å². The second kappa shape index (κ2) is 7.36. The third-order valence-corrected chi connectivity index (χ3v) is 4.56. The first kappa shape index (κ1) is 15.7. The van der Waals surface area contributed by atoms with Crippen LogP contribution in [-0.2, 0) is 9.59 Å². The highest BCUT2D eigenvalue weighted by Gasteiger charge is 2.43. The highest BCUT2D eigenvalue weighted by molar-refractivity contribution is 7.99. The largest absolute Gasteiger partial charge is 0.494 e. The summed E-state index contributed by atoms with van der Waals surface area (Å²) in [5, 5.41) is 12.0. The number of carboxylic acids is 1. The second-order valence-corrected chi connectivity index (χ2v) is 6.11. The highest BCUT2D eigenvalue weighted by Crippen LogP contribution is 2.28. The molecule has 1 fully saturated rings. The van der Waals surface area contributed by atoms with Gasteiger partial charge >= 0.3 is 5.97 Å². The van der Waals surface area contributed by atoms with Crippen molar-refractivity contribution >= 4 is 23.6 Å². The van der Waals surface area contributed by atoms with Gasteiger partial charge in [-0.05, 0) is 30.7 Å². The van der Waals surface area contributed by atoms with E-state index in [2.05, 4.69) is 5.32 Å². The molecule has 0 bridgehead atoms. The quantitative estimate of drug-likeness (QED) is 0.753. The van der Waals surface area contributed by atoms with Crippen LogP contribution >= 0.6 is 11.8 Å². The Morgan fingerprint density at radius 3 is 2.71 bits per heavy atom. The zero-order chi connectivity index (χ0) is 15.1. The maximum absolute atomic E-state index is 11.9. The summed E-state index contributed by atoms with van der Waals surface area (Å²) in [5.41, 5.74) is -1.08. The molecule has 1 aromatic carbocycles. The molecular formula is C15H19NO4S. The number of nitrogens with one attached hydrogen (secondary N) is 1. The zero-order valence-corrected chi connectivity index (χ0v) is 12.5. The molecule has 2 rings (SSSR count). The molecule has 1 aliphatic rings. The van der Waals surface area contributed by atoms with Crippen molar-refractivity contribution in [3.63, 3.8) is 0 Å². The molecule has 21 heavy (non-hydrogen) atoms. The van der Waals surface area contributed by atoms with E-state index in [-0.39, 0.29) is 12.3 Å². The van der Waals surface area contributed by atoms with Crippen LogP contribution in [0.15, 0.2) is 30.3 Å². The molecule has 2 N–H and O–H groups in total. The lowest BCUT2D eigenvalue weighted by Crippen LogP contribution is -2.54. The van der Waals surface area contributed by atoms with E-state index in [1.54, 1.807) is 11.8 Å². The first-order valence-electron chi connectivity index (χ1n) is 6.92. The first-order chi connectivity index (χ1) is 10.1. The number of carboxylic acid groups (broad SMARTS) is 1. The lowest BCUT2D eigenvalue weighted by atomic mass is 9.99. The van der Waals surface area contributed by atoms with Crippen molar-refractivity contribution in [1.29, 1.82) is 0 Å². The summed E-state index contributed by atoms with van der Waals surface area (Å²) >= 11 is 1.56. The van der Waals surface area contributed by atoms with Gasteiger partial charge in [-0.2, -0.15) is 11.8 Å². The molecule has 0 saturated carbocycles. The van der Waals surface area contributed by atoms with Crippen LogP contribution in [-0.4, -0.2) is 40.6 Å². The number of hydrogen-bond acceptors (Lipinski definition) is 4. The van der Waals surface area contributed by atoms with Gasteiger partial charge < -0.3 is 15.2 Å². The summed E-state index contributed by atoms with van der Waals surface area (Å²) in [5.74, 6) is 0.809. The fraction of sp³-hybridized carbons (Fsp3) is 0.467. The molecule has 0 radical (unpaired) electrons. The van der Waals surface area contributed by atoms with Crippen LogP contribution in [0.5, 0.6) is 5.75 Å². The van der Waals surface area contributed by atoms with E-state index in [0.29, 0.717) is 25.2 Å². The van der Waals surface area contributed by atoms with E-state index in [4.69, 9.17) is 4.74 Å². The van der Waals surface area contributed by atoms with Crippen molar-refractivity contribution in [2.24, 2.45) is 0 Å². The minimum atomic E-state index is -1.08. The van der Waals surface area contributed by atoms with Gasteiger partial charge in [0.2, 0.25) is 5.91 Å². The standard InChI is InChI=1S/C15H19NO4S/c17-13(16-15(14(18)19)8-10-21-11-15)7-4-9-20-12-5-2-1-3-6-12/h1-3,5-6H,4,7-11H2,(H,16,17)(H,18,19). The molecule has 1 aromatic rings. The average Bonchev–Trinajstić information content (AvgIpc) is 2.94. The predicted molar refractivity (Wildman–Crippen MR) is 81.6 cm³/mol. The number of hydrogen-bond donors (Lipinski definition) is 2. The highest BCUT2D eigenvalue weighted by atomic mass is 32.2. The number of aliphatic carboxylic acids is 1. The Bertz CT molecular complexity index is 486. The number of rotatable bonds is 7. The number of benzene rings is 1. The van der Waals surface area contributed by atoms with Crippen molar-refractivity contribution in [3.8, 4) is 5.75 Å². The zero-order valence-electron chi connectivity index (χ0n) is 11.7. The fourth-order valence-corrected chi connectivity index (χ4v) is 3.48. The molecule has 1 saturated heterocycles. The molecule has 1 amide bonds. The Kier molecular flexibility index (Phi) is 5.50. The Balaban J connectivity index is 1.71. The van der Waals surface area contributed by atoms with Gasteiger partial charge in [0.25, 0.3) is 0 Å². The Labute approximate surface area is 128 Å². The molecular weight excluding hydrogens is 290 g/mol. The van der Waals surface area contributed by atoms with Gasteiger partial charge in [-0.25, -0.2) is 4.79 Å². The SMILES string of the molecule is O=C(CCCOc1ccccc1)NC1(C(=O)O)CCSC1. The van der Waals surface area contributed by atoms with Crippen molar-refractivity contribution in [3.05, 3.63) is 30.3 Å². The van der Waals surface area contributed by atoms with Crippen LogP contribution in [0.1, 0.15) is 19.3 Å².